The lowest BCUT2D eigenvalue weighted by atomic mass is 10.0. The number of Topliss-reactive ketones (excluding diaryl/α,β-unsaturated/α-hetero) is 1. The minimum Gasteiger partial charge on any atom is -0.444 e. The molecule has 1 aromatic carbocycles. The first-order valence-electron chi connectivity index (χ1n) is 7.86. The highest BCUT2D eigenvalue weighted by Gasteiger charge is 2.33. The molecule has 0 N–H and O–H groups in total. The largest absolute Gasteiger partial charge is 0.444 e. The smallest absolute Gasteiger partial charge is 0.410 e. The molecule has 1 aromatic rings. The first-order valence-corrected chi connectivity index (χ1v) is 7.86. The number of carbonyl (C=O) groups excluding carboxylic acids is 2. The highest BCUT2D eigenvalue weighted by molar-refractivity contribution is 5.96. The van der Waals surface area contributed by atoms with Crippen LogP contribution in [0.1, 0.15) is 56.0 Å². The zero-order chi connectivity index (χ0) is 16.3. The Kier molecular flexibility index (Phi) is 4.89. The van der Waals surface area contributed by atoms with E-state index in [0.29, 0.717) is 18.5 Å². The Labute approximate surface area is 132 Å². The number of ketones is 1. The summed E-state index contributed by atoms with van der Waals surface area (Å²) in [4.78, 5) is 26.3. The molecule has 1 saturated heterocycles. The van der Waals surface area contributed by atoms with Crippen LogP contribution in [0.2, 0.25) is 0 Å². The Hall–Kier alpha value is -1.84. The summed E-state index contributed by atoms with van der Waals surface area (Å²) in [6.45, 7) is 8.23. The summed E-state index contributed by atoms with van der Waals surface area (Å²) in [6, 6.07) is 7.53. The van der Waals surface area contributed by atoms with Crippen molar-refractivity contribution in [2.45, 2.75) is 58.6 Å². The molecule has 120 valence electrons. The molecule has 0 aromatic heterocycles. The van der Waals surface area contributed by atoms with Gasteiger partial charge in [-0.3, -0.25) is 4.79 Å². The number of benzene rings is 1. The van der Waals surface area contributed by atoms with E-state index in [9.17, 15) is 9.59 Å². The van der Waals surface area contributed by atoms with Crippen molar-refractivity contribution in [3.05, 3.63) is 35.4 Å². The minimum atomic E-state index is -0.509. The lowest BCUT2D eigenvalue weighted by Gasteiger charge is -2.28. The molecule has 1 fully saturated rings. The van der Waals surface area contributed by atoms with Crippen molar-refractivity contribution >= 4 is 11.9 Å². The number of ether oxygens (including phenoxy) is 1. The standard InChI is InChI=1S/C18H25NO3/c1-13-7-9-14(10-8-13)16(20)12-15-6-5-11-19(15)17(21)22-18(2,3)4/h7-10,15H,5-6,11-12H2,1-4H3. The fourth-order valence-electron chi connectivity index (χ4n) is 2.68. The van der Waals surface area contributed by atoms with Crippen LogP contribution in [0.25, 0.3) is 0 Å². The van der Waals surface area contributed by atoms with Crippen LogP contribution in [0.4, 0.5) is 4.79 Å². The van der Waals surface area contributed by atoms with Gasteiger partial charge in [0.15, 0.2) is 5.78 Å². The summed E-state index contributed by atoms with van der Waals surface area (Å²) < 4.78 is 5.43. The van der Waals surface area contributed by atoms with Gasteiger partial charge in [0.1, 0.15) is 5.60 Å². The Balaban J connectivity index is 2.00. The monoisotopic (exact) mass is 303 g/mol. The van der Waals surface area contributed by atoms with E-state index < -0.39 is 5.60 Å². The van der Waals surface area contributed by atoms with Crippen LogP contribution in [0.3, 0.4) is 0 Å². The Morgan fingerprint density at radius 2 is 1.86 bits per heavy atom. The van der Waals surface area contributed by atoms with Gasteiger partial charge in [-0.15, -0.1) is 0 Å². The van der Waals surface area contributed by atoms with E-state index in [1.54, 1.807) is 4.90 Å². The first-order chi connectivity index (χ1) is 10.3. The van der Waals surface area contributed by atoms with Crippen molar-refractivity contribution in [1.29, 1.82) is 0 Å². The number of hydrogen-bond donors (Lipinski definition) is 0. The van der Waals surface area contributed by atoms with Crippen LogP contribution in [0, 0.1) is 6.92 Å². The third kappa shape index (κ3) is 4.33. The van der Waals surface area contributed by atoms with E-state index in [1.807, 2.05) is 52.0 Å². The van der Waals surface area contributed by atoms with Crippen LogP contribution in [0.5, 0.6) is 0 Å². The SMILES string of the molecule is Cc1ccc(C(=O)CC2CCCN2C(=O)OC(C)(C)C)cc1. The van der Waals surface area contributed by atoms with Gasteiger partial charge in [-0.2, -0.15) is 0 Å². The van der Waals surface area contributed by atoms with E-state index in [-0.39, 0.29) is 17.9 Å². The van der Waals surface area contributed by atoms with E-state index in [1.165, 1.54) is 0 Å². The van der Waals surface area contributed by atoms with Crippen molar-refractivity contribution in [3.8, 4) is 0 Å². The summed E-state index contributed by atoms with van der Waals surface area (Å²) >= 11 is 0. The van der Waals surface area contributed by atoms with Gasteiger partial charge in [0.2, 0.25) is 0 Å². The van der Waals surface area contributed by atoms with Crippen molar-refractivity contribution in [1.82, 2.24) is 4.90 Å². The number of likely N-dealkylation sites (tertiary alicyclic amines) is 1. The second-order valence-electron chi connectivity index (χ2n) is 6.96. The molecule has 1 heterocycles. The van der Waals surface area contributed by atoms with E-state index in [2.05, 4.69) is 0 Å². The second-order valence-corrected chi connectivity index (χ2v) is 6.96. The number of nitrogens with zero attached hydrogens (tertiary/aromatic N) is 1. The molecule has 2 rings (SSSR count). The third-order valence-corrected chi connectivity index (χ3v) is 3.80. The summed E-state index contributed by atoms with van der Waals surface area (Å²) in [5, 5.41) is 0. The van der Waals surface area contributed by atoms with Crippen LogP contribution in [-0.2, 0) is 4.74 Å². The van der Waals surface area contributed by atoms with Gasteiger partial charge in [-0.1, -0.05) is 29.8 Å². The van der Waals surface area contributed by atoms with Gasteiger partial charge < -0.3 is 9.64 Å². The summed E-state index contributed by atoms with van der Waals surface area (Å²) in [7, 11) is 0. The van der Waals surface area contributed by atoms with Gasteiger partial charge in [0.25, 0.3) is 0 Å². The molecule has 22 heavy (non-hydrogen) atoms. The Morgan fingerprint density at radius 1 is 1.23 bits per heavy atom. The van der Waals surface area contributed by atoms with Crippen LogP contribution < -0.4 is 0 Å². The predicted molar refractivity (Wildman–Crippen MR) is 86.1 cm³/mol. The summed E-state index contributed by atoms with van der Waals surface area (Å²) in [5.41, 5.74) is 1.33. The van der Waals surface area contributed by atoms with Gasteiger partial charge in [0.05, 0.1) is 0 Å². The zero-order valence-electron chi connectivity index (χ0n) is 13.9. The first kappa shape index (κ1) is 16.5. The van der Waals surface area contributed by atoms with Crippen molar-refractivity contribution < 1.29 is 14.3 Å². The molecule has 1 atom stereocenters. The van der Waals surface area contributed by atoms with Gasteiger partial charge in [0, 0.05) is 24.6 Å². The van der Waals surface area contributed by atoms with Crippen molar-refractivity contribution in [2.24, 2.45) is 0 Å². The molecule has 1 aliphatic heterocycles. The van der Waals surface area contributed by atoms with Crippen molar-refractivity contribution in [2.75, 3.05) is 6.54 Å². The quantitative estimate of drug-likeness (QED) is 0.794. The summed E-state index contributed by atoms with van der Waals surface area (Å²) in [6.07, 6.45) is 1.83. The van der Waals surface area contributed by atoms with Gasteiger partial charge in [-0.25, -0.2) is 4.79 Å². The number of rotatable bonds is 3. The molecular formula is C18H25NO3. The maximum absolute atomic E-state index is 12.4. The maximum Gasteiger partial charge on any atom is 0.410 e. The number of aryl methyl sites for hydroxylation is 1. The average molecular weight is 303 g/mol. The van der Waals surface area contributed by atoms with E-state index >= 15 is 0 Å². The fraction of sp³-hybridized carbons (Fsp3) is 0.556. The topological polar surface area (TPSA) is 46.6 Å². The normalized spacial score (nSPS) is 18.4. The highest BCUT2D eigenvalue weighted by atomic mass is 16.6. The van der Waals surface area contributed by atoms with E-state index in [0.717, 1.165) is 18.4 Å². The molecule has 1 aliphatic rings. The van der Waals surface area contributed by atoms with Gasteiger partial charge in [-0.05, 0) is 40.5 Å². The molecule has 0 radical (unpaired) electrons. The molecule has 0 saturated carbocycles. The fourth-order valence-corrected chi connectivity index (χ4v) is 2.68. The molecular weight excluding hydrogens is 278 g/mol. The highest BCUT2D eigenvalue weighted by Crippen LogP contribution is 2.24. The van der Waals surface area contributed by atoms with Crippen LogP contribution in [-0.4, -0.2) is 35.0 Å². The molecule has 1 unspecified atom stereocenters. The molecule has 0 spiro atoms. The number of hydrogen-bond acceptors (Lipinski definition) is 3. The van der Waals surface area contributed by atoms with Crippen LogP contribution in [0.15, 0.2) is 24.3 Å². The Morgan fingerprint density at radius 3 is 2.45 bits per heavy atom. The van der Waals surface area contributed by atoms with Crippen LogP contribution >= 0.6 is 0 Å². The third-order valence-electron chi connectivity index (χ3n) is 3.80. The molecule has 4 heteroatoms. The second kappa shape index (κ2) is 6.51. The summed E-state index contributed by atoms with van der Waals surface area (Å²) in [5.74, 6) is 0.0838. The Bertz CT molecular complexity index is 542. The lowest BCUT2D eigenvalue weighted by molar-refractivity contribution is 0.0223. The number of carbonyl (C=O) groups is 2. The number of amides is 1. The van der Waals surface area contributed by atoms with Crippen molar-refractivity contribution in [3.63, 3.8) is 0 Å². The molecule has 0 bridgehead atoms. The lowest BCUT2D eigenvalue weighted by Crippen LogP contribution is -2.40. The zero-order valence-corrected chi connectivity index (χ0v) is 13.9. The maximum atomic E-state index is 12.4. The average Bonchev–Trinajstić information content (AvgIpc) is 2.85. The molecule has 4 nitrogen and oxygen atoms in total. The predicted octanol–water partition coefficient (Wildman–Crippen LogP) is 3.97. The molecule has 1 amide bonds. The molecule has 0 aliphatic carbocycles. The van der Waals surface area contributed by atoms with Gasteiger partial charge >= 0.3 is 6.09 Å². The van der Waals surface area contributed by atoms with E-state index in [4.69, 9.17) is 4.74 Å². The minimum absolute atomic E-state index is 0.0522.